The fourth-order valence-electron chi connectivity index (χ4n) is 1.60. The second-order valence-electron chi connectivity index (χ2n) is 4.31. The molecule has 0 spiro atoms. The van der Waals surface area contributed by atoms with E-state index in [-0.39, 0.29) is 11.7 Å². The summed E-state index contributed by atoms with van der Waals surface area (Å²) in [6.45, 7) is 3.02. The van der Waals surface area contributed by atoms with Gasteiger partial charge in [0.25, 0.3) is 0 Å². The fraction of sp³-hybridized carbons (Fsp3) is 0.250. The molecule has 1 atom stereocenters. The summed E-state index contributed by atoms with van der Waals surface area (Å²) in [5, 5.41) is 2.47. The normalized spacial score (nSPS) is 13.2. The molecule has 0 aliphatic heterocycles. The van der Waals surface area contributed by atoms with Gasteiger partial charge in [-0.3, -0.25) is 9.59 Å². The number of amides is 1. The number of benzene rings is 1. The predicted molar refractivity (Wildman–Crippen MR) is 79.9 cm³/mol. The first kappa shape index (κ1) is 16.8. The van der Waals surface area contributed by atoms with Crippen molar-refractivity contribution in [1.82, 2.24) is 5.32 Å². The number of rotatable bonds is 7. The minimum Gasteiger partial charge on any atom is -0.332 e. The molecule has 1 aromatic carbocycles. The molecular formula is C16H19NO4. The van der Waals surface area contributed by atoms with Crippen LogP contribution in [0.15, 0.2) is 48.2 Å². The number of hydrogen-bond acceptors (Lipinski definition) is 4. The van der Waals surface area contributed by atoms with E-state index in [2.05, 4.69) is 10.2 Å². The third-order valence-corrected chi connectivity index (χ3v) is 2.62. The Morgan fingerprint density at radius 3 is 2.48 bits per heavy atom. The summed E-state index contributed by atoms with van der Waals surface area (Å²) in [6.07, 6.45) is 3.86. The van der Waals surface area contributed by atoms with Crippen LogP contribution in [0.25, 0.3) is 6.08 Å². The van der Waals surface area contributed by atoms with Crippen molar-refractivity contribution in [2.24, 2.45) is 0 Å². The van der Waals surface area contributed by atoms with Gasteiger partial charge in [0.2, 0.25) is 5.91 Å². The van der Waals surface area contributed by atoms with Crippen LogP contribution in [0.1, 0.15) is 19.4 Å². The zero-order valence-corrected chi connectivity index (χ0v) is 12.3. The fourth-order valence-corrected chi connectivity index (χ4v) is 1.60. The zero-order chi connectivity index (χ0) is 15.7. The van der Waals surface area contributed by atoms with Crippen LogP contribution in [-0.4, -0.2) is 24.9 Å². The molecular weight excluding hydrogens is 270 g/mol. The molecule has 1 N–H and O–H groups in total. The number of carbonyl (C=O) groups is 2. The van der Waals surface area contributed by atoms with Crippen molar-refractivity contribution >= 4 is 17.8 Å². The standard InChI is InChI=1S/C16H19NO4/c1-12(21-20-3)15(11-17-13(2)18)16(19)10-9-14-7-5-4-6-8-14/h4-12H,1-3H3,(H,17,18). The second kappa shape index (κ2) is 8.84. The highest BCUT2D eigenvalue weighted by molar-refractivity contribution is 6.07. The number of nitrogens with one attached hydrogen (secondary N) is 1. The minimum atomic E-state index is -0.602. The van der Waals surface area contributed by atoms with Gasteiger partial charge in [0, 0.05) is 18.7 Å². The van der Waals surface area contributed by atoms with Crippen LogP contribution in [0.4, 0.5) is 0 Å². The number of ketones is 1. The van der Waals surface area contributed by atoms with Crippen LogP contribution in [0.5, 0.6) is 0 Å². The van der Waals surface area contributed by atoms with Crippen LogP contribution in [-0.2, 0) is 19.4 Å². The van der Waals surface area contributed by atoms with Gasteiger partial charge in [0.15, 0.2) is 5.78 Å². The smallest absolute Gasteiger partial charge is 0.220 e. The maximum absolute atomic E-state index is 12.2. The second-order valence-corrected chi connectivity index (χ2v) is 4.31. The predicted octanol–water partition coefficient (Wildman–Crippen LogP) is 2.26. The molecule has 1 rings (SSSR count). The van der Waals surface area contributed by atoms with Crippen molar-refractivity contribution in [2.75, 3.05) is 7.11 Å². The van der Waals surface area contributed by atoms with Gasteiger partial charge in [-0.1, -0.05) is 36.4 Å². The molecule has 0 bridgehead atoms. The van der Waals surface area contributed by atoms with Crippen LogP contribution in [0.3, 0.4) is 0 Å². The highest BCUT2D eigenvalue weighted by atomic mass is 17.2. The maximum Gasteiger partial charge on any atom is 0.220 e. The molecule has 0 saturated heterocycles. The van der Waals surface area contributed by atoms with Gasteiger partial charge in [-0.05, 0) is 18.6 Å². The van der Waals surface area contributed by atoms with Gasteiger partial charge >= 0.3 is 0 Å². The number of allylic oxidation sites excluding steroid dienone is 1. The molecule has 0 aliphatic rings. The van der Waals surface area contributed by atoms with E-state index in [0.717, 1.165) is 5.56 Å². The lowest BCUT2D eigenvalue weighted by molar-refractivity contribution is -0.291. The van der Waals surface area contributed by atoms with Crippen LogP contribution >= 0.6 is 0 Å². The molecule has 5 nitrogen and oxygen atoms in total. The highest BCUT2D eigenvalue weighted by Crippen LogP contribution is 2.10. The Bertz CT molecular complexity index is 534. The van der Waals surface area contributed by atoms with E-state index in [1.165, 1.54) is 26.3 Å². The van der Waals surface area contributed by atoms with E-state index in [1.807, 2.05) is 30.3 Å². The zero-order valence-electron chi connectivity index (χ0n) is 12.3. The topological polar surface area (TPSA) is 64.6 Å². The van der Waals surface area contributed by atoms with Gasteiger partial charge in [-0.25, -0.2) is 9.78 Å². The lowest BCUT2D eigenvalue weighted by Gasteiger charge is -2.12. The van der Waals surface area contributed by atoms with Crippen LogP contribution in [0.2, 0.25) is 0 Å². The molecule has 0 saturated carbocycles. The third-order valence-electron chi connectivity index (χ3n) is 2.62. The molecule has 0 fully saturated rings. The van der Waals surface area contributed by atoms with Crippen LogP contribution < -0.4 is 5.32 Å². The van der Waals surface area contributed by atoms with Gasteiger partial charge < -0.3 is 5.32 Å². The molecule has 0 aromatic heterocycles. The average Bonchev–Trinajstić information content (AvgIpc) is 2.46. The summed E-state index contributed by atoms with van der Waals surface area (Å²) in [7, 11) is 1.36. The van der Waals surface area contributed by atoms with E-state index in [1.54, 1.807) is 13.0 Å². The first-order valence-electron chi connectivity index (χ1n) is 6.48. The Balaban J connectivity index is 2.87. The Labute approximate surface area is 124 Å². The third kappa shape index (κ3) is 6.16. The van der Waals surface area contributed by atoms with E-state index in [4.69, 9.17) is 4.89 Å². The van der Waals surface area contributed by atoms with E-state index in [0.29, 0.717) is 5.57 Å². The summed E-state index contributed by atoms with van der Waals surface area (Å²) in [6, 6.07) is 9.44. The maximum atomic E-state index is 12.2. The van der Waals surface area contributed by atoms with E-state index >= 15 is 0 Å². The molecule has 112 valence electrons. The van der Waals surface area contributed by atoms with Crippen molar-refractivity contribution < 1.29 is 19.4 Å². The first-order chi connectivity index (χ1) is 10.0. The van der Waals surface area contributed by atoms with Gasteiger partial charge in [0.05, 0.1) is 7.11 Å². The minimum absolute atomic E-state index is 0.267. The molecule has 0 radical (unpaired) electrons. The summed E-state index contributed by atoms with van der Waals surface area (Å²) in [5.41, 5.74) is 1.20. The lowest BCUT2D eigenvalue weighted by atomic mass is 10.1. The summed E-state index contributed by atoms with van der Waals surface area (Å²) < 4.78 is 0. The molecule has 21 heavy (non-hydrogen) atoms. The van der Waals surface area contributed by atoms with Crippen LogP contribution in [0, 0.1) is 0 Å². The quantitative estimate of drug-likeness (QED) is 0.475. The molecule has 1 aromatic rings. The van der Waals surface area contributed by atoms with Gasteiger partial charge in [0.1, 0.15) is 6.10 Å². The van der Waals surface area contributed by atoms with Crippen molar-refractivity contribution in [3.63, 3.8) is 0 Å². The van der Waals surface area contributed by atoms with E-state index in [9.17, 15) is 9.59 Å². The summed E-state index contributed by atoms with van der Waals surface area (Å²) >= 11 is 0. The number of hydrogen-bond donors (Lipinski definition) is 1. The van der Waals surface area contributed by atoms with Crippen molar-refractivity contribution in [3.8, 4) is 0 Å². The monoisotopic (exact) mass is 289 g/mol. The van der Waals surface area contributed by atoms with Gasteiger partial charge in [-0.15, -0.1) is 0 Å². The molecule has 1 unspecified atom stereocenters. The van der Waals surface area contributed by atoms with E-state index < -0.39 is 6.10 Å². The largest absolute Gasteiger partial charge is 0.332 e. The van der Waals surface area contributed by atoms with Crippen molar-refractivity contribution in [3.05, 3.63) is 53.7 Å². The Hall–Kier alpha value is -2.24. The van der Waals surface area contributed by atoms with Crippen molar-refractivity contribution in [2.45, 2.75) is 20.0 Å². The SMILES string of the molecule is COOC(C)C(=CNC(C)=O)C(=O)C=Cc1ccccc1. The molecule has 0 aliphatic carbocycles. The lowest BCUT2D eigenvalue weighted by Crippen LogP contribution is -2.22. The Morgan fingerprint density at radius 1 is 1.24 bits per heavy atom. The summed E-state index contributed by atoms with van der Waals surface area (Å²) in [4.78, 5) is 32.7. The molecule has 0 heterocycles. The number of carbonyl (C=O) groups excluding carboxylic acids is 2. The van der Waals surface area contributed by atoms with Crippen molar-refractivity contribution in [1.29, 1.82) is 0 Å². The highest BCUT2D eigenvalue weighted by Gasteiger charge is 2.16. The van der Waals surface area contributed by atoms with Gasteiger partial charge in [-0.2, -0.15) is 0 Å². The first-order valence-corrected chi connectivity index (χ1v) is 6.48. The molecule has 5 heteroatoms. The average molecular weight is 289 g/mol. The summed E-state index contributed by atoms with van der Waals surface area (Å²) in [5.74, 6) is -0.533. The molecule has 1 amide bonds. The Kier molecular flexibility index (Phi) is 7.08. The Morgan fingerprint density at radius 2 is 1.90 bits per heavy atom.